The summed E-state index contributed by atoms with van der Waals surface area (Å²) in [4.78, 5) is 62.2. The van der Waals surface area contributed by atoms with E-state index in [4.69, 9.17) is 5.11 Å². The highest BCUT2D eigenvalue weighted by Gasteiger charge is 2.54. The molecule has 2 aromatic heterocycles. The highest BCUT2D eigenvalue weighted by Crippen LogP contribution is 2.41. The molecule has 2 amide bonds. The second-order valence-electron chi connectivity index (χ2n) is 9.03. The number of hydrogen-bond acceptors (Lipinski definition) is 10. The van der Waals surface area contributed by atoms with Gasteiger partial charge in [0.05, 0.1) is 0 Å². The number of rotatable bonds is 9. The van der Waals surface area contributed by atoms with Crippen molar-refractivity contribution in [3.05, 3.63) is 69.3 Å². The van der Waals surface area contributed by atoms with Crippen molar-refractivity contribution in [3.63, 3.8) is 0 Å². The zero-order chi connectivity index (χ0) is 28.7. The molecule has 0 radical (unpaired) electrons. The molecule has 0 bridgehead atoms. The van der Waals surface area contributed by atoms with Crippen LogP contribution >= 0.6 is 23.5 Å². The summed E-state index contributed by atoms with van der Waals surface area (Å²) in [6, 6.07) is 8.85. The molecule has 208 valence electrons. The predicted molar refractivity (Wildman–Crippen MR) is 141 cm³/mol. The third kappa shape index (κ3) is 5.07. The molecule has 1 aromatic carbocycles. The molecule has 0 aliphatic carbocycles. The van der Waals surface area contributed by atoms with Crippen LogP contribution in [0.5, 0.6) is 0 Å². The highest BCUT2D eigenvalue weighted by molar-refractivity contribution is 8.01. The Balaban J connectivity index is 1.29. The van der Waals surface area contributed by atoms with Gasteiger partial charge in [-0.05, 0) is 30.2 Å². The van der Waals surface area contributed by atoms with Crippen LogP contribution in [0.2, 0.25) is 0 Å². The van der Waals surface area contributed by atoms with Gasteiger partial charge in [-0.2, -0.15) is 14.3 Å². The number of nitrogens with zero attached hydrogens (tertiary/aromatic N) is 5. The molecule has 16 heteroatoms. The Morgan fingerprint density at radius 2 is 1.95 bits per heavy atom. The van der Waals surface area contributed by atoms with E-state index >= 15 is 0 Å². The Labute approximate surface area is 233 Å². The average Bonchev–Trinajstić information content (AvgIpc) is 3.22. The summed E-state index contributed by atoms with van der Waals surface area (Å²) < 4.78 is 1.73. The van der Waals surface area contributed by atoms with Gasteiger partial charge in [-0.25, -0.2) is 9.59 Å². The van der Waals surface area contributed by atoms with E-state index in [1.165, 1.54) is 17.8 Å². The maximum atomic E-state index is 13.0. The number of aromatic nitrogens is 4. The van der Waals surface area contributed by atoms with Gasteiger partial charge in [-0.1, -0.05) is 29.8 Å². The number of aliphatic hydroxyl groups is 1. The molecule has 14 nitrogen and oxygen atoms in total. The quantitative estimate of drug-likeness (QED) is 0.191. The number of aryl methyl sites for hydroxylation is 1. The summed E-state index contributed by atoms with van der Waals surface area (Å²) in [6.45, 7) is 1.20. The van der Waals surface area contributed by atoms with Gasteiger partial charge in [0.2, 0.25) is 0 Å². The van der Waals surface area contributed by atoms with Gasteiger partial charge in [-0.15, -0.1) is 28.6 Å². The van der Waals surface area contributed by atoms with Crippen molar-refractivity contribution in [2.24, 2.45) is 0 Å². The van der Waals surface area contributed by atoms with E-state index in [9.17, 15) is 34.2 Å². The molecule has 5 rings (SSSR count). The van der Waals surface area contributed by atoms with Gasteiger partial charge in [0.1, 0.15) is 28.7 Å². The molecule has 3 atom stereocenters. The van der Waals surface area contributed by atoms with E-state index in [1.807, 2.05) is 13.0 Å². The molecule has 2 unspecified atom stereocenters. The minimum Gasteiger partial charge on any atom is -0.480 e. The Kier molecular flexibility index (Phi) is 7.39. The number of carboxylic acid groups (broad SMARTS) is 2. The number of β-lactam (4-membered cyclic amide) rings is 1. The molecule has 4 heterocycles. The number of amides is 2. The smallest absolute Gasteiger partial charge is 0.367 e. The predicted octanol–water partition coefficient (Wildman–Crippen LogP) is -0.152. The Hall–Kier alpha value is -4.15. The van der Waals surface area contributed by atoms with Crippen LogP contribution in [0.3, 0.4) is 0 Å². The van der Waals surface area contributed by atoms with Crippen molar-refractivity contribution in [1.29, 1.82) is 0 Å². The lowest BCUT2D eigenvalue weighted by Gasteiger charge is -2.49. The van der Waals surface area contributed by atoms with Crippen LogP contribution in [0.1, 0.15) is 17.2 Å². The fourth-order valence-corrected chi connectivity index (χ4v) is 6.72. The zero-order valence-electron chi connectivity index (χ0n) is 20.8. The van der Waals surface area contributed by atoms with Crippen LogP contribution < -0.4 is 11.0 Å². The minimum atomic E-state index is -1.48. The summed E-state index contributed by atoms with van der Waals surface area (Å²) in [7, 11) is 0. The largest absolute Gasteiger partial charge is 0.480 e. The molecule has 2 aliphatic heterocycles. The molecule has 1 saturated heterocycles. The summed E-state index contributed by atoms with van der Waals surface area (Å²) in [6.07, 6.45) is -1.48. The number of nitrogens with one attached hydrogen (secondary N) is 1. The molecule has 0 spiro atoms. The van der Waals surface area contributed by atoms with Crippen LogP contribution in [0, 0.1) is 6.92 Å². The molecular formula is C24H22N6O8S2. The van der Waals surface area contributed by atoms with Crippen molar-refractivity contribution < 1.29 is 34.5 Å². The minimum absolute atomic E-state index is 0.144. The number of carboxylic acids is 2. The maximum Gasteiger partial charge on any atom is 0.367 e. The van der Waals surface area contributed by atoms with Crippen molar-refractivity contribution in [2.75, 3.05) is 11.5 Å². The molecule has 2 aliphatic rings. The summed E-state index contributed by atoms with van der Waals surface area (Å²) >= 11 is 2.42. The fraction of sp³-hybridized carbons (Fsp3) is 0.292. The molecule has 1 fully saturated rings. The first-order valence-corrected chi connectivity index (χ1v) is 13.8. The molecule has 40 heavy (non-hydrogen) atoms. The van der Waals surface area contributed by atoms with Gasteiger partial charge in [0.15, 0.2) is 11.8 Å². The van der Waals surface area contributed by atoms with Crippen LogP contribution in [-0.4, -0.2) is 86.3 Å². The lowest BCUT2D eigenvalue weighted by Crippen LogP contribution is -2.70. The van der Waals surface area contributed by atoms with Crippen LogP contribution in [0.4, 0.5) is 0 Å². The van der Waals surface area contributed by atoms with Gasteiger partial charge < -0.3 is 20.6 Å². The third-order valence-corrected chi connectivity index (χ3v) is 8.59. The topological polar surface area (TPSA) is 196 Å². The standard InChI is InChI=1S/C24H22N6O8S2/c1-11-3-2-4-12(7-11)19(33)20(34)25-17-21(35)29-18(23(36)37)13(10-40-22(17)29)9-39-15-6-5-14-26-28(8-16(31)32)24(38)30(14)27-15/h2-7,17,19,22,33H,8-10H2,1H3,(H,25,34)(H,31,32)(H,36,37)/t17?,19?,22-/m0/s1. The van der Waals surface area contributed by atoms with Gasteiger partial charge >= 0.3 is 17.6 Å². The molecular weight excluding hydrogens is 564 g/mol. The van der Waals surface area contributed by atoms with Crippen molar-refractivity contribution in [2.45, 2.75) is 36.0 Å². The zero-order valence-corrected chi connectivity index (χ0v) is 22.4. The second-order valence-corrected chi connectivity index (χ2v) is 11.1. The van der Waals surface area contributed by atoms with E-state index in [0.717, 1.165) is 31.4 Å². The Morgan fingerprint density at radius 3 is 2.65 bits per heavy atom. The summed E-state index contributed by atoms with van der Waals surface area (Å²) in [5.74, 6) is -3.48. The number of fused-ring (bicyclic) bond motifs is 2. The molecule has 3 aromatic rings. The summed E-state index contributed by atoms with van der Waals surface area (Å²) in [5.41, 5.74) is 0.935. The Bertz CT molecular complexity index is 1650. The maximum absolute atomic E-state index is 13.0. The van der Waals surface area contributed by atoms with Crippen molar-refractivity contribution in [3.8, 4) is 0 Å². The number of aliphatic carboxylic acids is 2. The first-order chi connectivity index (χ1) is 19.0. The normalized spacial score (nSPS) is 19.2. The SMILES string of the molecule is Cc1cccc(C(O)C(=O)NC2C(=O)N3C(C(=O)O)=C(CSc4ccc5nn(CC(=O)O)c(=O)n5n4)CS[C@@H]23)c1. The van der Waals surface area contributed by atoms with Crippen molar-refractivity contribution in [1.82, 2.24) is 29.6 Å². The van der Waals surface area contributed by atoms with Crippen molar-refractivity contribution >= 4 is 52.9 Å². The monoisotopic (exact) mass is 586 g/mol. The molecule has 0 saturated carbocycles. The van der Waals surface area contributed by atoms with Crippen LogP contribution in [0.25, 0.3) is 5.65 Å². The highest BCUT2D eigenvalue weighted by atomic mass is 32.2. The van der Waals surface area contributed by atoms with E-state index in [0.29, 0.717) is 16.2 Å². The van der Waals surface area contributed by atoms with E-state index in [1.54, 1.807) is 24.3 Å². The number of aliphatic hydroxyl groups excluding tert-OH is 1. The number of carbonyl (C=O) groups is 4. The van der Waals surface area contributed by atoms with Crippen LogP contribution in [0.15, 0.2) is 57.5 Å². The van der Waals surface area contributed by atoms with Crippen LogP contribution in [-0.2, 0) is 25.7 Å². The Morgan fingerprint density at radius 1 is 1.18 bits per heavy atom. The third-order valence-electron chi connectivity index (χ3n) is 6.25. The van der Waals surface area contributed by atoms with Gasteiger partial charge in [-0.3, -0.25) is 19.3 Å². The first kappa shape index (κ1) is 27.4. The van der Waals surface area contributed by atoms with Gasteiger partial charge in [0.25, 0.3) is 11.8 Å². The van der Waals surface area contributed by atoms with E-state index in [2.05, 4.69) is 15.5 Å². The molecule has 4 N–H and O–H groups in total. The number of hydrogen-bond donors (Lipinski definition) is 4. The summed E-state index contributed by atoms with van der Waals surface area (Å²) in [5, 5.41) is 39.6. The first-order valence-electron chi connectivity index (χ1n) is 11.8. The number of benzene rings is 1. The lowest BCUT2D eigenvalue weighted by molar-refractivity contribution is -0.151. The fourth-order valence-electron chi connectivity index (χ4n) is 4.38. The average molecular weight is 587 g/mol. The van der Waals surface area contributed by atoms with Gasteiger partial charge in [0, 0.05) is 11.5 Å². The number of thioether (sulfide) groups is 2. The van der Waals surface area contributed by atoms with E-state index < -0.39 is 53.5 Å². The lowest BCUT2D eigenvalue weighted by atomic mass is 10.0. The second kappa shape index (κ2) is 10.8. The van der Waals surface area contributed by atoms with E-state index in [-0.39, 0.29) is 22.8 Å². The number of carbonyl (C=O) groups excluding carboxylic acids is 2.